The summed E-state index contributed by atoms with van der Waals surface area (Å²) in [5, 5.41) is 0. The maximum Gasteiger partial charge on any atom is 0.129 e. The SMILES string of the molecule is CC(N)c1nccn1-c1ccc(F)cc1. The molecule has 0 fully saturated rings. The Labute approximate surface area is 87.4 Å². The van der Waals surface area contributed by atoms with Crippen molar-refractivity contribution in [3.63, 3.8) is 0 Å². The van der Waals surface area contributed by atoms with Crippen molar-refractivity contribution in [3.05, 3.63) is 48.3 Å². The van der Waals surface area contributed by atoms with E-state index in [0.29, 0.717) is 0 Å². The highest BCUT2D eigenvalue weighted by Crippen LogP contribution is 2.15. The van der Waals surface area contributed by atoms with Gasteiger partial charge < -0.3 is 10.3 Å². The van der Waals surface area contributed by atoms with Gasteiger partial charge in [0.2, 0.25) is 0 Å². The van der Waals surface area contributed by atoms with Crippen LogP contribution in [0.1, 0.15) is 18.8 Å². The summed E-state index contributed by atoms with van der Waals surface area (Å²) in [6.45, 7) is 1.86. The predicted molar refractivity (Wildman–Crippen MR) is 56.1 cm³/mol. The third kappa shape index (κ3) is 1.89. The number of nitrogens with two attached hydrogens (primary N) is 1. The molecule has 3 nitrogen and oxygen atoms in total. The van der Waals surface area contributed by atoms with E-state index in [0.717, 1.165) is 11.5 Å². The Kier molecular flexibility index (Phi) is 2.51. The van der Waals surface area contributed by atoms with E-state index in [9.17, 15) is 4.39 Å². The van der Waals surface area contributed by atoms with Gasteiger partial charge in [0.15, 0.2) is 0 Å². The Morgan fingerprint density at radius 3 is 2.60 bits per heavy atom. The van der Waals surface area contributed by atoms with E-state index < -0.39 is 0 Å². The lowest BCUT2D eigenvalue weighted by atomic mass is 10.3. The van der Waals surface area contributed by atoms with Crippen molar-refractivity contribution in [1.82, 2.24) is 9.55 Å². The van der Waals surface area contributed by atoms with Crippen molar-refractivity contribution in [2.24, 2.45) is 5.73 Å². The first-order valence-corrected chi connectivity index (χ1v) is 4.73. The van der Waals surface area contributed by atoms with E-state index in [4.69, 9.17) is 5.73 Å². The van der Waals surface area contributed by atoms with Gasteiger partial charge in [0.05, 0.1) is 6.04 Å². The molecular formula is C11H12FN3. The maximum atomic E-state index is 12.7. The summed E-state index contributed by atoms with van der Waals surface area (Å²) in [4.78, 5) is 4.16. The van der Waals surface area contributed by atoms with Crippen LogP contribution in [0.15, 0.2) is 36.7 Å². The molecule has 0 saturated carbocycles. The molecule has 2 N–H and O–H groups in total. The maximum absolute atomic E-state index is 12.7. The summed E-state index contributed by atoms with van der Waals surface area (Å²) in [7, 11) is 0. The highest BCUT2D eigenvalue weighted by atomic mass is 19.1. The fraction of sp³-hybridized carbons (Fsp3) is 0.182. The Hall–Kier alpha value is -1.68. The summed E-state index contributed by atoms with van der Waals surface area (Å²) in [5.74, 6) is 0.517. The zero-order valence-electron chi connectivity index (χ0n) is 8.39. The number of aromatic nitrogens is 2. The zero-order valence-corrected chi connectivity index (χ0v) is 8.39. The average Bonchev–Trinajstić information content (AvgIpc) is 2.67. The summed E-state index contributed by atoms with van der Waals surface area (Å²) in [6.07, 6.45) is 3.49. The highest BCUT2D eigenvalue weighted by molar-refractivity contribution is 5.33. The Bertz CT molecular complexity index is 445. The molecule has 0 bridgehead atoms. The smallest absolute Gasteiger partial charge is 0.129 e. The molecule has 0 aliphatic rings. The van der Waals surface area contributed by atoms with Crippen LogP contribution in [0.25, 0.3) is 5.69 Å². The number of rotatable bonds is 2. The van der Waals surface area contributed by atoms with Crippen molar-refractivity contribution < 1.29 is 4.39 Å². The highest BCUT2D eigenvalue weighted by Gasteiger charge is 2.08. The largest absolute Gasteiger partial charge is 0.322 e. The molecule has 1 aromatic carbocycles. The molecule has 1 atom stereocenters. The van der Waals surface area contributed by atoms with Gasteiger partial charge in [0.1, 0.15) is 11.6 Å². The lowest BCUT2D eigenvalue weighted by molar-refractivity contribution is 0.627. The molecule has 0 radical (unpaired) electrons. The Morgan fingerprint density at radius 2 is 2.00 bits per heavy atom. The van der Waals surface area contributed by atoms with Crippen LogP contribution in [0.4, 0.5) is 4.39 Å². The van der Waals surface area contributed by atoms with Crippen LogP contribution >= 0.6 is 0 Å². The summed E-state index contributed by atoms with van der Waals surface area (Å²) in [5.41, 5.74) is 6.63. The van der Waals surface area contributed by atoms with Gasteiger partial charge in [-0.1, -0.05) is 0 Å². The molecule has 0 amide bonds. The van der Waals surface area contributed by atoms with Gasteiger partial charge in [-0.15, -0.1) is 0 Å². The molecule has 4 heteroatoms. The molecule has 0 saturated heterocycles. The fourth-order valence-corrected chi connectivity index (χ4v) is 1.47. The van der Waals surface area contributed by atoms with Crippen LogP contribution in [0.2, 0.25) is 0 Å². The number of hydrogen-bond donors (Lipinski definition) is 1. The molecule has 1 aromatic heterocycles. The number of nitrogens with zero attached hydrogens (tertiary/aromatic N) is 2. The van der Waals surface area contributed by atoms with Crippen molar-refractivity contribution in [1.29, 1.82) is 0 Å². The molecule has 15 heavy (non-hydrogen) atoms. The molecule has 78 valence electrons. The van der Waals surface area contributed by atoms with E-state index in [-0.39, 0.29) is 11.9 Å². The summed E-state index contributed by atoms with van der Waals surface area (Å²) < 4.78 is 14.6. The first-order chi connectivity index (χ1) is 7.18. The van der Waals surface area contributed by atoms with Gasteiger partial charge in [0.25, 0.3) is 0 Å². The van der Waals surface area contributed by atoms with E-state index in [1.807, 2.05) is 17.7 Å². The van der Waals surface area contributed by atoms with Crippen LogP contribution < -0.4 is 5.73 Å². The van der Waals surface area contributed by atoms with Crippen molar-refractivity contribution in [3.8, 4) is 5.69 Å². The minimum absolute atomic E-state index is 0.148. The fourth-order valence-electron chi connectivity index (χ4n) is 1.47. The second-order valence-electron chi connectivity index (χ2n) is 3.42. The topological polar surface area (TPSA) is 43.8 Å². The number of benzene rings is 1. The van der Waals surface area contributed by atoms with Gasteiger partial charge in [-0.3, -0.25) is 0 Å². The molecule has 2 aromatic rings. The standard InChI is InChI=1S/C11H12FN3/c1-8(13)11-14-6-7-15(11)10-4-2-9(12)3-5-10/h2-8H,13H2,1H3. The molecule has 0 spiro atoms. The lowest BCUT2D eigenvalue weighted by Gasteiger charge is -2.09. The van der Waals surface area contributed by atoms with E-state index >= 15 is 0 Å². The van der Waals surface area contributed by atoms with Gasteiger partial charge in [-0.05, 0) is 31.2 Å². The average molecular weight is 205 g/mol. The van der Waals surface area contributed by atoms with Crippen molar-refractivity contribution >= 4 is 0 Å². The van der Waals surface area contributed by atoms with Gasteiger partial charge >= 0.3 is 0 Å². The predicted octanol–water partition coefficient (Wildman–Crippen LogP) is 2.03. The van der Waals surface area contributed by atoms with E-state index in [1.54, 1.807) is 18.3 Å². The molecule has 2 rings (SSSR count). The minimum Gasteiger partial charge on any atom is -0.322 e. The first-order valence-electron chi connectivity index (χ1n) is 4.73. The normalized spacial score (nSPS) is 12.7. The van der Waals surface area contributed by atoms with Gasteiger partial charge in [-0.25, -0.2) is 9.37 Å². The summed E-state index contributed by atoms with van der Waals surface area (Å²) in [6, 6.07) is 6.08. The Balaban J connectivity index is 2.45. The molecule has 1 unspecified atom stereocenters. The van der Waals surface area contributed by atoms with Gasteiger partial charge in [0, 0.05) is 18.1 Å². The minimum atomic E-state index is -0.249. The zero-order chi connectivity index (χ0) is 10.8. The van der Waals surface area contributed by atoms with Crippen LogP contribution in [0.5, 0.6) is 0 Å². The second kappa shape index (κ2) is 3.82. The number of imidazole rings is 1. The quantitative estimate of drug-likeness (QED) is 0.815. The molecular weight excluding hydrogens is 193 g/mol. The van der Waals surface area contributed by atoms with E-state index in [2.05, 4.69) is 4.98 Å². The van der Waals surface area contributed by atoms with Crippen molar-refractivity contribution in [2.45, 2.75) is 13.0 Å². The van der Waals surface area contributed by atoms with Crippen LogP contribution in [0, 0.1) is 5.82 Å². The van der Waals surface area contributed by atoms with Crippen LogP contribution in [-0.2, 0) is 0 Å². The molecule has 1 heterocycles. The van der Waals surface area contributed by atoms with Crippen LogP contribution in [0.3, 0.4) is 0 Å². The molecule has 0 aliphatic carbocycles. The monoisotopic (exact) mass is 205 g/mol. The van der Waals surface area contributed by atoms with Crippen molar-refractivity contribution in [2.75, 3.05) is 0 Å². The number of hydrogen-bond acceptors (Lipinski definition) is 2. The Morgan fingerprint density at radius 1 is 1.33 bits per heavy atom. The first kappa shape index (κ1) is 9.86. The molecule has 0 aliphatic heterocycles. The van der Waals surface area contributed by atoms with E-state index in [1.165, 1.54) is 12.1 Å². The lowest BCUT2D eigenvalue weighted by Crippen LogP contribution is -2.12. The second-order valence-corrected chi connectivity index (χ2v) is 3.42. The van der Waals surface area contributed by atoms with Gasteiger partial charge in [-0.2, -0.15) is 0 Å². The van der Waals surface area contributed by atoms with Crippen LogP contribution in [-0.4, -0.2) is 9.55 Å². The third-order valence-electron chi connectivity index (χ3n) is 2.18. The summed E-state index contributed by atoms with van der Waals surface area (Å²) >= 11 is 0. The number of halogens is 1. The third-order valence-corrected chi connectivity index (χ3v) is 2.18.